The van der Waals surface area contributed by atoms with Crippen molar-refractivity contribution in [3.8, 4) is 5.75 Å². The fourth-order valence-corrected chi connectivity index (χ4v) is 2.11. The molecule has 0 aliphatic carbocycles. The van der Waals surface area contributed by atoms with Crippen LogP contribution in [0.1, 0.15) is 4.88 Å². The maximum absolute atomic E-state index is 5.99. The van der Waals surface area contributed by atoms with Gasteiger partial charge in [0, 0.05) is 4.88 Å². The number of methoxy groups -OCH3 is 1. The summed E-state index contributed by atoms with van der Waals surface area (Å²) < 4.78 is 5.07. The SMILES string of the molecule is COc1ccc(N/N=C/c2cccs2)cc1Cl. The lowest BCUT2D eigenvalue weighted by Crippen LogP contribution is -1.90. The van der Waals surface area contributed by atoms with Crippen molar-refractivity contribution < 1.29 is 4.74 Å². The van der Waals surface area contributed by atoms with Crippen LogP contribution in [-0.4, -0.2) is 13.3 Å². The van der Waals surface area contributed by atoms with Gasteiger partial charge in [0.1, 0.15) is 5.75 Å². The summed E-state index contributed by atoms with van der Waals surface area (Å²) in [5.74, 6) is 0.652. The van der Waals surface area contributed by atoms with E-state index in [2.05, 4.69) is 10.5 Å². The Labute approximate surface area is 109 Å². The van der Waals surface area contributed by atoms with Crippen molar-refractivity contribution in [1.82, 2.24) is 0 Å². The van der Waals surface area contributed by atoms with Gasteiger partial charge in [0.25, 0.3) is 0 Å². The number of thiophene rings is 1. The number of hydrazone groups is 1. The molecule has 0 saturated heterocycles. The minimum absolute atomic E-state index is 0.559. The molecule has 1 N–H and O–H groups in total. The summed E-state index contributed by atoms with van der Waals surface area (Å²) in [5, 5.41) is 6.68. The zero-order valence-corrected chi connectivity index (χ0v) is 10.8. The normalized spacial score (nSPS) is 10.7. The fourth-order valence-electron chi connectivity index (χ4n) is 1.27. The van der Waals surface area contributed by atoms with Gasteiger partial charge in [-0.25, -0.2) is 0 Å². The minimum atomic E-state index is 0.559. The molecule has 0 spiro atoms. The molecule has 2 aromatic rings. The molecule has 0 atom stereocenters. The second kappa shape index (κ2) is 5.70. The van der Waals surface area contributed by atoms with Crippen molar-refractivity contribution in [2.45, 2.75) is 0 Å². The number of halogens is 1. The lowest BCUT2D eigenvalue weighted by Gasteiger charge is -2.04. The van der Waals surface area contributed by atoms with Crippen LogP contribution >= 0.6 is 22.9 Å². The number of ether oxygens (including phenoxy) is 1. The van der Waals surface area contributed by atoms with Crippen molar-refractivity contribution in [2.75, 3.05) is 12.5 Å². The summed E-state index contributed by atoms with van der Waals surface area (Å²) in [6.07, 6.45) is 1.77. The first kappa shape index (κ1) is 12.0. The van der Waals surface area contributed by atoms with Gasteiger partial charge in [0.05, 0.1) is 24.0 Å². The maximum Gasteiger partial charge on any atom is 0.137 e. The predicted octanol–water partition coefficient (Wildman–Crippen LogP) is 3.86. The van der Waals surface area contributed by atoms with Gasteiger partial charge in [-0.3, -0.25) is 5.43 Å². The number of anilines is 1. The summed E-state index contributed by atoms with van der Waals surface area (Å²) in [4.78, 5) is 1.09. The highest BCUT2D eigenvalue weighted by Gasteiger charge is 2.00. The Kier molecular flexibility index (Phi) is 4.01. The zero-order valence-electron chi connectivity index (χ0n) is 9.18. The minimum Gasteiger partial charge on any atom is -0.495 e. The Hall–Kier alpha value is -1.52. The molecule has 0 aliphatic heterocycles. The topological polar surface area (TPSA) is 33.6 Å². The van der Waals surface area contributed by atoms with Crippen molar-refractivity contribution >= 4 is 34.8 Å². The van der Waals surface area contributed by atoms with E-state index in [0.29, 0.717) is 10.8 Å². The smallest absolute Gasteiger partial charge is 0.137 e. The van der Waals surface area contributed by atoms with Gasteiger partial charge in [-0.2, -0.15) is 5.10 Å². The second-order valence-corrected chi connectivity index (χ2v) is 4.62. The molecule has 5 heteroatoms. The van der Waals surface area contributed by atoms with Gasteiger partial charge < -0.3 is 4.74 Å². The number of rotatable bonds is 4. The van der Waals surface area contributed by atoms with Crippen LogP contribution in [0, 0.1) is 0 Å². The van der Waals surface area contributed by atoms with Gasteiger partial charge in [-0.1, -0.05) is 17.7 Å². The van der Waals surface area contributed by atoms with Crippen LogP contribution in [0.4, 0.5) is 5.69 Å². The summed E-state index contributed by atoms with van der Waals surface area (Å²) >= 11 is 7.63. The molecular formula is C12H11ClN2OS. The molecule has 1 aromatic carbocycles. The van der Waals surface area contributed by atoms with E-state index < -0.39 is 0 Å². The van der Waals surface area contributed by atoms with Crippen LogP contribution < -0.4 is 10.2 Å². The fraction of sp³-hybridized carbons (Fsp3) is 0.0833. The van der Waals surface area contributed by atoms with Gasteiger partial charge >= 0.3 is 0 Å². The van der Waals surface area contributed by atoms with Crippen LogP contribution in [-0.2, 0) is 0 Å². The average Bonchev–Trinajstić information content (AvgIpc) is 2.82. The van der Waals surface area contributed by atoms with Crippen molar-refractivity contribution in [1.29, 1.82) is 0 Å². The molecule has 2 rings (SSSR count). The van der Waals surface area contributed by atoms with E-state index in [1.54, 1.807) is 36.8 Å². The summed E-state index contributed by atoms with van der Waals surface area (Å²) in [6, 6.07) is 9.40. The first-order valence-electron chi connectivity index (χ1n) is 4.96. The maximum atomic E-state index is 5.99. The number of hydrogen-bond acceptors (Lipinski definition) is 4. The predicted molar refractivity (Wildman–Crippen MR) is 73.5 cm³/mol. The zero-order chi connectivity index (χ0) is 12.1. The van der Waals surface area contributed by atoms with Gasteiger partial charge in [-0.15, -0.1) is 11.3 Å². The van der Waals surface area contributed by atoms with Crippen LogP contribution in [0.3, 0.4) is 0 Å². The van der Waals surface area contributed by atoms with Gasteiger partial charge in [0.2, 0.25) is 0 Å². The molecule has 0 radical (unpaired) electrons. The Balaban J connectivity index is 2.02. The Bertz CT molecular complexity index is 511. The molecule has 1 heterocycles. The number of benzene rings is 1. The van der Waals surface area contributed by atoms with Crippen molar-refractivity contribution in [2.24, 2.45) is 5.10 Å². The van der Waals surface area contributed by atoms with E-state index in [0.717, 1.165) is 10.6 Å². The largest absolute Gasteiger partial charge is 0.495 e. The molecule has 0 amide bonds. The molecule has 0 unspecified atom stereocenters. The highest BCUT2D eigenvalue weighted by molar-refractivity contribution is 7.11. The second-order valence-electron chi connectivity index (χ2n) is 3.23. The van der Waals surface area contributed by atoms with Crippen LogP contribution in [0.25, 0.3) is 0 Å². The van der Waals surface area contributed by atoms with E-state index in [1.807, 2.05) is 23.6 Å². The third-order valence-corrected chi connectivity index (χ3v) is 3.18. The Morgan fingerprint density at radius 3 is 2.94 bits per heavy atom. The molecular weight excluding hydrogens is 256 g/mol. The molecule has 0 aliphatic rings. The first-order chi connectivity index (χ1) is 8.29. The van der Waals surface area contributed by atoms with Crippen molar-refractivity contribution in [3.05, 3.63) is 45.6 Å². The van der Waals surface area contributed by atoms with Crippen LogP contribution in [0.5, 0.6) is 5.75 Å². The highest BCUT2D eigenvalue weighted by atomic mass is 35.5. The molecule has 0 saturated carbocycles. The number of nitrogens with zero attached hydrogens (tertiary/aromatic N) is 1. The third-order valence-electron chi connectivity index (χ3n) is 2.08. The molecule has 0 bridgehead atoms. The van der Waals surface area contributed by atoms with E-state index in [4.69, 9.17) is 16.3 Å². The number of nitrogens with one attached hydrogen (secondary N) is 1. The summed E-state index contributed by atoms with van der Waals surface area (Å²) in [7, 11) is 1.59. The van der Waals surface area contributed by atoms with Gasteiger partial charge in [-0.05, 0) is 29.6 Å². The van der Waals surface area contributed by atoms with E-state index >= 15 is 0 Å². The van der Waals surface area contributed by atoms with Crippen LogP contribution in [0.2, 0.25) is 5.02 Å². The van der Waals surface area contributed by atoms with E-state index in [-0.39, 0.29) is 0 Å². The monoisotopic (exact) mass is 266 g/mol. The Morgan fingerprint density at radius 1 is 1.41 bits per heavy atom. The summed E-state index contributed by atoms with van der Waals surface area (Å²) in [6.45, 7) is 0. The molecule has 3 nitrogen and oxygen atoms in total. The van der Waals surface area contributed by atoms with E-state index in [1.165, 1.54) is 0 Å². The standard InChI is InChI=1S/C12H11ClN2OS/c1-16-12-5-4-9(7-11(12)13)15-14-8-10-3-2-6-17-10/h2-8,15H,1H3/b14-8+. The molecule has 88 valence electrons. The first-order valence-corrected chi connectivity index (χ1v) is 6.21. The highest BCUT2D eigenvalue weighted by Crippen LogP contribution is 2.27. The lowest BCUT2D eigenvalue weighted by molar-refractivity contribution is 0.415. The van der Waals surface area contributed by atoms with Crippen molar-refractivity contribution in [3.63, 3.8) is 0 Å². The third kappa shape index (κ3) is 3.22. The number of hydrogen-bond donors (Lipinski definition) is 1. The summed E-state index contributed by atoms with van der Waals surface area (Å²) in [5.41, 5.74) is 3.73. The molecule has 17 heavy (non-hydrogen) atoms. The van der Waals surface area contributed by atoms with E-state index in [9.17, 15) is 0 Å². The van der Waals surface area contributed by atoms with Crippen LogP contribution in [0.15, 0.2) is 40.8 Å². The Morgan fingerprint density at radius 2 is 2.29 bits per heavy atom. The lowest BCUT2D eigenvalue weighted by atomic mass is 10.3. The molecule has 0 fully saturated rings. The molecule has 1 aromatic heterocycles. The quantitative estimate of drug-likeness (QED) is 0.673. The van der Waals surface area contributed by atoms with Gasteiger partial charge in [0.15, 0.2) is 0 Å². The average molecular weight is 267 g/mol.